The third-order valence-electron chi connectivity index (χ3n) is 4.57. The molecule has 1 saturated heterocycles. The van der Waals surface area contributed by atoms with Crippen LogP contribution in [0.4, 0.5) is 11.4 Å². The second kappa shape index (κ2) is 7.70. The number of rotatable bonds is 4. The average molecular weight is 427 g/mol. The topological polar surface area (TPSA) is 66.5 Å². The van der Waals surface area contributed by atoms with E-state index in [4.69, 9.17) is 23.2 Å². The van der Waals surface area contributed by atoms with E-state index >= 15 is 0 Å². The highest BCUT2D eigenvalue weighted by Crippen LogP contribution is 2.31. The molecule has 1 heterocycles. The van der Waals surface area contributed by atoms with Gasteiger partial charge in [0.25, 0.3) is 10.0 Å². The number of anilines is 2. The van der Waals surface area contributed by atoms with Gasteiger partial charge in [-0.3, -0.25) is 9.52 Å². The van der Waals surface area contributed by atoms with Crippen molar-refractivity contribution in [1.82, 2.24) is 0 Å². The highest BCUT2D eigenvalue weighted by Gasteiger charge is 2.23. The second-order valence-electron chi connectivity index (χ2n) is 6.64. The summed E-state index contributed by atoms with van der Waals surface area (Å²) in [5, 5.41) is 0.468. The summed E-state index contributed by atoms with van der Waals surface area (Å²) in [6.07, 6.45) is 2.42. The number of nitrogens with zero attached hydrogens (tertiary/aromatic N) is 1. The molecule has 0 aliphatic carbocycles. The maximum absolute atomic E-state index is 12.7. The van der Waals surface area contributed by atoms with E-state index in [2.05, 4.69) is 4.72 Å². The lowest BCUT2D eigenvalue weighted by Gasteiger charge is -2.28. The van der Waals surface area contributed by atoms with E-state index < -0.39 is 10.0 Å². The third kappa shape index (κ3) is 4.23. The molecule has 0 atom stereocenters. The van der Waals surface area contributed by atoms with Crippen LogP contribution in [0, 0.1) is 13.8 Å². The minimum absolute atomic E-state index is 0.0287. The summed E-state index contributed by atoms with van der Waals surface area (Å²) >= 11 is 12.1. The largest absolute Gasteiger partial charge is 0.312 e. The van der Waals surface area contributed by atoms with Crippen LogP contribution in [-0.4, -0.2) is 20.9 Å². The van der Waals surface area contributed by atoms with Crippen LogP contribution in [0.2, 0.25) is 10.0 Å². The van der Waals surface area contributed by atoms with Crippen LogP contribution in [0.1, 0.15) is 30.4 Å². The Hall–Kier alpha value is -1.76. The number of sulfonamides is 1. The number of nitrogens with one attached hydrogen (secondary N) is 1. The van der Waals surface area contributed by atoms with Crippen molar-refractivity contribution in [3.05, 3.63) is 51.5 Å². The number of carbonyl (C=O) groups is 1. The van der Waals surface area contributed by atoms with E-state index in [-0.39, 0.29) is 15.8 Å². The Labute approximate surface area is 169 Å². The molecule has 0 radical (unpaired) electrons. The van der Waals surface area contributed by atoms with E-state index in [1.807, 2.05) is 6.92 Å². The second-order valence-corrected chi connectivity index (χ2v) is 9.11. The van der Waals surface area contributed by atoms with Crippen molar-refractivity contribution >= 4 is 50.5 Å². The highest BCUT2D eigenvalue weighted by molar-refractivity contribution is 7.92. The first-order chi connectivity index (χ1) is 12.7. The molecule has 1 aliphatic rings. The molecule has 27 heavy (non-hydrogen) atoms. The van der Waals surface area contributed by atoms with Crippen LogP contribution in [0.3, 0.4) is 0 Å². The molecule has 0 spiro atoms. The molecule has 8 heteroatoms. The van der Waals surface area contributed by atoms with Gasteiger partial charge in [0.05, 0.1) is 5.02 Å². The van der Waals surface area contributed by atoms with Gasteiger partial charge in [0.15, 0.2) is 0 Å². The predicted octanol–water partition coefficient (Wildman–Crippen LogP) is 4.93. The van der Waals surface area contributed by atoms with E-state index in [9.17, 15) is 13.2 Å². The fourth-order valence-electron chi connectivity index (χ4n) is 3.13. The molecule has 1 fully saturated rings. The Morgan fingerprint density at radius 1 is 1.00 bits per heavy atom. The molecule has 1 N–H and O–H groups in total. The number of carbonyl (C=O) groups excluding carboxylic acids is 1. The maximum Gasteiger partial charge on any atom is 0.263 e. The first kappa shape index (κ1) is 20.0. The summed E-state index contributed by atoms with van der Waals surface area (Å²) in [4.78, 5) is 13.9. The number of aryl methyl sites for hydroxylation is 2. The fourth-order valence-corrected chi connectivity index (χ4v) is 5.01. The third-order valence-corrected chi connectivity index (χ3v) is 6.82. The fraction of sp³-hybridized carbons (Fsp3) is 0.316. The molecule has 2 aromatic rings. The van der Waals surface area contributed by atoms with Gasteiger partial charge in [0.1, 0.15) is 4.90 Å². The first-order valence-corrected chi connectivity index (χ1v) is 10.8. The van der Waals surface area contributed by atoms with E-state index in [0.717, 1.165) is 24.1 Å². The van der Waals surface area contributed by atoms with E-state index in [0.29, 0.717) is 29.2 Å². The number of hydrogen-bond donors (Lipinski definition) is 1. The lowest BCUT2D eigenvalue weighted by Crippen LogP contribution is -2.35. The molecule has 5 nitrogen and oxygen atoms in total. The molecule has 144 valence electrons. The number of halogens is 2. The van der Waals surface area contributed by atoms with Crippen LogP contribution < -0.4 is 9.62 Å². The minimum atomic E-state index is -3.87. The molecule has 3 rings (SSSR count). The van der Waals surface area contributed by atoms with Crippen LogP contribution in [0.25, 0.3) is 0 Å². The van der Waals surface area contributed by atoms with Gasteiger partial charge in [-0.25, -0.2) is 8.42 Å². The van der Waals surface area contributed by atoms with Crippen molar-refractivity contribution in [2.75, 3.05) is 16.2 Å². The first-order valence-electron chi connectivity index (χ1n) is 8.58. The molecule has 0 bridgehead atoms. The molecule has 1 amide bonds. The standard InChI is InChI=1S/C19H20Cl2N2O3S/c1-12-10-18(16(21)11-15(12)20)27(25,26)22-14-6-7-17(13(2)9-14)23-8-4-3-5-19(23)24/h6-7,9-11,22H,3-5,8H2,1-2H3. The van der Waals surface area contributed by atoms with Gasteiger partial charge in [-0.15, -0.1) is 0 Å². The van der Waals surface area contributed by atoms with Gasteiger partial charge in [0, 0.05) is 29.4 Å². The van der Waals surface area contributed by atoms with Crippen molar-refractivity contribution in [3.8, 4) is 0 Å². The number of amides is 1. The van der Waals surface area contributed by atoms with Crippen LogP contribution in [0.5, 0.6) is 0 Å². The minimum Gasteiger partial charge on any atom is -0.312 e. The van der Waals surface area contributed by atoms with Crippen molar-refractivity contribution in [2.45, 2.75) is 38.0 Å². The Morgan fingerprint density at radius 3 is 2.41 bits per heavy atom. The van der Waals surface area contributed by atoms with Crippen molar-refractivity contribution in [3.63, 3.8) is 0 Å². The number of benzene rings is 2. The summed E-state index contributed by atoms with van der Waals surface area (Å²) in [6, 6.07) is 8.00. The van der Waals surface area contributed by atoms with E-state index in [1.54, 1.807) is 30.0 Å². The summed E-state index contributed by atoms with van der Waals surface area (Å²) in [6.45, 7) is 4.26. The molecular weight excluding hydrogens is 407 g/mol. The Bertz CT molecular complexity index is 1010. The van der Waals surface area contributed by atoms with Crippen LogP contribution in [0.15, 0.2) is 35.2 Å². The van der Waals surface area contributed by atoms with Gasteiger partial charge in [-0.2, -0.15) is 0 Å². The molecule has 0 saturated carbocycles. The van der Waals surface area contributed by atoms with Crippen molar-refractivity contribution in [1.29, 1.82) is 0 Å². The molecular formula is C19H20Cl2N2O3S. The Kier molecular flexibility index (Phi) is 5.70. The lowest BCUT2D eigenvalue weighted by molar-refractivity contribution is -0.119. The predicted molar refractivity (Wildman–Crippen MR) is 109 cm³/mol. The molecule has 0 aromatic heterocycles. The Balaban J connectivity index is 1.88. The average Bonchev–Trinajstić information content (AvgIpc) is 2.59. The highest BCUT2D eigenvalue weighted by atomic mass is 35.5. The zero-order valence-corrected chi connectivity index (χ0v) is 17.4. The van der Waals surface area contributed by atoms with Gasteiger partial charge >= 0.3 is 0 Å². The summed E-state index contributed by atoms with van der Waals surface area (Å²) in [7, 11) is -3.87. The zero-order valence-electron chi connectivity index (χ0n) is 15.1. The maximum atomic E-state index is 12.7. The summed E-state index contributed by atoms with van der Waals surface area (Å²) < 4.78 is 28.0. The molecule has 1 aliphatic heterocycles. The van der Waals surface area contributed by atoms with Crippen LogP contribution >= 0.6 is 23.2 Å². The van der Waals surface area contributed by atoms with Gasteiger partial charge < -0.3 is 4.90 Å². The monoisotopic (exact) mass is 426 g/mol. The summed E-state index contributed by atoms with van der Waals surface area (Å²) in [5.41, 5.74) is 2.66. The zero-order chi connectivity index (χ0) is 19.8. The number of piperidine rings is 1. The quantitative estimate of drug-likeness (QED) is 0.753. The smallest absolute Gasteiger partial charge is 0.263 e. The van der Waals surface area contributed by atoms with Crippen molar-refractivity contribution in [2.24, 2.45) is 0 Å². The summed E-state index contributed by atoms with van der Waals surface area (Å²) in [5.74, 6) is 0.0982. The Morgan fingerprint density at radius 2 is 1.74 bits per heavy atom. The lowest BCUT2D eigenvalue weighted by atomic mass is 10.1. The van der Waals surface area contributed by atoms with Crippen LogP contribution in [-0.2, 0) is 14.8 Å². The molecule has 2 aromatic carbocycles. The van der Waals surface area contributed by atoms with Gasteiger partial charge in [-0.1, -0.05) is 23.2 Å². The van der Waals surface area contributed by atoms with Gasteiger partial charge in [0.2, 0.25) is 5.91 Å². The van der Waals surface area contributed by atoms with E-state index in [1.165, 1.54) is 12.1 Å². The number of hydrogen-bond acceptors (Lipinski definition) is 3. The SMILES string of the molecule is Cc1cc(S(=O)(=O)Nc2ccc(N3CCCCC3=O)c(C)c2)c(Cl)cc1Cl. The van der Waals surface area contributed by atoms with Gasteiger partial charge in [-0.05, 0) is 68.1 Å². The van der Waals surface area contributed by atoms with Crippen molar-refractivity contribution < 1.29 is 13.2 Å². The molecule has 0 unspecified atom stereocenters. The normalized spacial score (nSPS) is 15.1.